The minimum Gasteiger partial charge on any atom is -0.497 e. The Kier molecular flexibility index (Phi) is 7.33. The summed E-state index contributed by atoms with van der Waals surface area (Å²) in [5, 5.41) is 9.92. The van der Waals surface area contributed by atoms with E-state index in [0.29, 0.717) is 5.75 Å². The number of nitrogens with zero attached hydrogens (tertiary/aromatic N) is 3. The van der Waals surface area contributed by atoms with Gasteiger partial charge < -0.3 is 19.9 Å². The molecule has 0 atom stereocenters. The number of methoxy groups -OCH3 is 1. The lowest BCUT2D eigenvalue weighted by Gasteiger charge is -2.18. The van der Waals surface area contributed by atoms with Gasteiger partial charge in [0.2, 0.25) is 5.43 Å². The van der Waals surface area contributed by atoms with Crippen LogP contribution in [0.5, 0.6) is 5.75 Å². The standard InChI is InChI=1S/C26H31N5O4/c1-17(2)29-26(34)23-16-30(19-7-4-5-8-19)15-22(24(23)32)25(33)27-12-18-13-28-31(14-18)20-9-6-10-21(11-20)35-3/h6,9-11,13-17,19H,4-5,7-8,12H2,1-3H3,(H,27,33)(H,29,34). The molecule has 1 saturated carbocycles. The van der Waals surface area contributed by atoms with Crippen LogP contribution in [0.2, 0.25) is 0 Å². The number of carbonyl (C=O) groups excluding carboxylic acids is 2. The maximum atomic E-state index is 13.1. The Bertz CT molecular complexity index is 1270. The summed E-state index contributed by atoms with van der Waals surface area (Å²) in [7, 11) is 1.60. The van der Waals surface area contributed by atoms with Crippen LogP contribution < -0.4 is 20.8 Å². The van der Waals surface area contributed by atoms with Crippen molar-refractivity contribution in [3.63, 3.8) is 0 Å². The van der Waals surface area contributed by atoms with Crippen LogP contribution >= 0.6 is 0 Å². The molecule has 0 saturated heterocycles. The van der Waals surface area contributed by atoms with Gasteiger partial charge in [-0.1, -0.05) is 18.9 Å². The molecule has 0 unspecified atom stereocenters. The van der Waals surface area contributed by atoms with E-state index in [1.165, 1.54) is 0 Å². The van der Waals surface area contributed by atoms with Gasteiger partial charge in [-0.05, 0) is 38.8 Å². The van der Waals surface area contributed by atoms with Crippen LogP contribution in [0.4, 0.5) is 0 Å². The maximum absolute atomic E-state index is 13.1. The fourth-order valence-corrected chi connectivity index (χ4v) is 4.30. The van der Waals surface area contributed by atoms with E-state index >= 15 is 0 Å². The van der Waals surface area contributed by atoms with Crippen molar-refractivity contribution in [1.82, 2.24) is 25.0 Å². The van der Waals surface area contributed by atoms with E-state index in [2.05, 4.69) is 15.7 Å². The normalized spacial score (nSPS) is 13.7. The molecule has 0 aliphatic heterocycles. The summed E-state index contributed by atoms with van der Waals surface area (Å²) in [6.07, 6.45) is 10.7. The van der Waals surface area contributed by atoms with Crippen molar-refractivity contribution in [2.24, 2.45) is 0 Å². The number of hydrogen-bond acceptors (Lipinski definition) is 5. The lowest BCUT2D eigenvalue weighted by atomic mass is 10.1. The van der Waals surface area contributed by atoms with E-state index in [-0.39, 0.29) is 29.8 Å². The number of nitrogens with one attached hydrogen (secondary N) is 2. The Labute approximate surface area is 204 Å². The van der Waals surface area contributed by atoms with Crippen molar-refractivity contribution < 1.29 is 14.3 Å². The highest BCUT2D eigenvalue weighted by molar-refractivity contribution is 5.99. The first-order valence-electron chi connectivity index (χ1n) is 11.9. The van der Waals surface area contributed by atoms with Gasteiger partial charge in [0, 0.05) is 48.8 Å². The fourth-order valence-electron chi connectivity index (χ4n) is 4.30. The second-order valence-electron chi connectivity index (χ2n) is 9.11. The van der Waals surface area contributed by atoms with Crippen LogP contribution in [0.3, 0.4) is 0 Å². The first-order valence-corrected chi connectivity index (χ1v) is 11.9. The minimum absolute atomic E-state index is 0.0101. The average Bonchev–Trinajstić information content (AvgIpc) is 3.55. The summed E-state index contributed by atoms with van der Waals surface area (Å²) in [6.45, 7) is 3.85. The van der Waals surface area contributed by atoms with E-state index in [1.807, 2.05) is 42.7 Å². The minimum atomic E-state index is -0.568. The van der Waals surface area contributed by atoms with Crippen molar-refractivity contribution in [3.8, 4) is 11.4 Å². The number of hydrogen-bond donors (Lipinski definition) is 2. The number of carbonyl (C=O) groups is 2. The molecule has 2 amide bonds. The third kappa shape index (κ3) is 5.62. The van der Waals surface area contributed by atoms with E-state index in [1.54, 1.807) is 36.6 Å². The molecule has 9 heteroatoms. The van der Waals surface area contributed by atoms with E-state index in [0.717, 1.165) is 36.9 Å². The Hall–Kier alpha value is -3.88. The monoisotopic (exact) mass is 477 g/mol. The first kappa shape index (κ1) is 24.3. The summed E-state index contributed by atoms with van der Waals surface area (Å²) in [5.74, 6) is -0.270. The number of pyridine rings is 1. The number of ether oxygens (including phenoxy) is 1. The zero-order valence-corrected chi connectivity index (χ0v) is 20.3. The summed E-state index contributed by atoms with van der Waals surface area (Å²) in [4.78, 5) is 38.9. The molecule has 2 aromatic heterocycles. The van der Waals surface area contributed by atoms with Crippen LogP contribution in [-0.4, -0.2) is 39.3 Å². The molecular formula is C26H31N5O4. The van der Waals surface area contributed by atoms with Gasteiger partial charge in [0.15, 0.2) is 0 Å². The molecule has 1 aliphatic rings. The lowest BCUT2D eigenvalue weighted by Crippen LogP contribution is -2.37. The smallest absolute Gasteiger partial charge is 0.257 e. The summed E-state index contributed by atoms with van der Waals surface area (Å²) in [6, 6.07) is 7.53. The largest absolute Gasteiger partial charge is 0.497 e. The summed E-state index contributed by atoms with van der Waals surface area (Å²) in [5.41, 5.74) is 0.982. The third-order valence-corrected chi connectivity index (χ3v) is 6.11. The SMILES string of the molecule is COc1cccc(-n2cc(CNC(=O)c3cn(C4CCCC4)cc(C(=O)NC(C)C)c3=O)cn2)c1. The van der Waals surface area contributed by atoms with Crippen LogP contribution in [-0.2, 0) is 6.54 Å². The molecule has 9 nitrogen and oxygen atoms in total. The second kappa shape index (κ2) is 10.6. The molecule has 4 rings (SSSR count). The molecule has 3 aromatic rings. The highest BCUT2D eigenvalue weighted by Crippen LogP contribution is 2.29. The number of aromatic nitrogens is 3. The van der Waals surface area contributed by atoms with Gasteiger partial charge >= 0.3 is 0 Å². The van der Waals surface area contributed by atoms with Crippen molar-refractivity contribution >= 4 is 11.8 Å². The predicted octanol–water partition coefficient (Wildman–Crippen LogP) is 3.23. The van der Waals surface area contributed by atoms with Gasteiger partial charge in [0.1, 0.15) is 16.9 Å². The fraction of sp³-hybridized carbons (Fsp3) is 0.385. The van der Waals surface area contributed by atoms with Gasteiger partial charge in [-0.15, -0.1) is 0 Å². The lowest BCUT2D eigenvalue weighted by molar-refractivity contribution is 0.0941. The maximum Gasteiger partial charge on any atom is 0.257 e. The molecular weight excluding hydrogens is 446 g/mol. The Morgan fingerprint density at radius 3 is 2.51 bits per heavy atom. The molecule has 2 N–H and O–H groups in total. The number of rotatable bonds is 8. The topological polar surface area (TPSA) is 107 Å². The molecule has 2 heterocycles. The summed E-state index contributed by atoms with van der Waals surface area (Å²) < 4.78 is 8.81. The molecule has 0 bridgehead atoms. The molecule has 0 spiro atoms. The molecule has 0 radical (unpaired) electrons. The average molecular weight is 478 g/mol. The highest BCUT2D eigenvalue weighted by atomic mass is 16.5. The van der Waals surface area contributed by atoms with Gasteiger partial charge in [-0.3, -0.25) is 14.4 Å². The zero-order valence-electron chi connectivity index (χ0n) is 20.3. The molecule has 35 heavy (non-hydrogen) atoms. The summed E-state index contributed by atoms with van der Waals surface area (Å²) >= 11 is 0. The number of benzene rings is 1. The van der Waals surface area contributed by atoms with E-state index in [4.69, 9.17) is 4.74 Å². The van der Waals surface area contributed by atoms with Crippen molar-refractivity contribution in [2.45, 2.75) is 58.2 Å². The molecule has 184 valence electrons. The van der Waals surface area contributed by atoms with Crippen molar-refractivity contribution in [3.05, 3.63) is 76.0 Å². The Morgan fingerprint density at radius 2 is 1.83 bits per heavy atom. The van der Waals surface area contributed by atoms with Crippen molar-refractivity contribution in [1.29, 1.82) is 0 Å². The van der Waals surface area contributed by atoms with E-state index < -0.39 is 17.2 Å². The molecule has 1 fully saturated rings. The van der Waals surface area contributed by atoms with E-state index in [9.17, 15) is 14.4 Å². The zero-order chi connectivity index (χ0) is 24.9. The van der Waals surface area contributed by atoms with Crippen LogP contribution in [0, 0.1) is 0 Å². The third-order valence-electron chi connectivity index (χ3n) is 6.11. The van der Waals surface area contributed by atoms with Crippen molar-refractivity contribution in [2.75, 3.05) is 7.11 Å². The highest BCUT2D eigenvalue weighted by Gasteiger charge is 2.23. The molecule has 1 aromatic carbocycles. The Balaban J connectivity index is 1.54. The number of amides is 2. The van der Waals surface area contributed by atoms with Gasteiger partial charge in [-0.2, -0.15) is 5.10 Å². The van der Waals surface area contributed by atoms with Crippen LogP contribution in [0.25, 0.3) is 5.69 Å². The molecule has 1 aliphatic carbocycles. The van der Waals surface area contributed by atoms with Crippen LogP contribution in [0.15, 0.2) is 53.8 Å². The van der Waals surface area contributed by atoms with Gasteiger partial charge in [0.05, 0.1) is 19.0 Å². The predicted molar refractivity (Wildman–Crippen MR) is 132 cm³/mol. The van der Waals surface area contributed by atoms with Crippen LogP contribution in [0.1, 0.15) is 71.9 Å². The Morgan fingerprint density at radius 1 is 1.11 bits per heavy atom. The van der Waals surface area contributed by atoms with Gasteiger partial charge in [-0.25, -0.2) is 4.68 Å². The second-order valence-corrected chi connectivity index (χ2v) is 9.11. The quantitative estimate of drug-likeness (QED) is 0.518. The first-order chi connectivity index (χ1) is 16.9. The van der Waals surface area contributed by atoms with Gasteiger partial charge in [0.25, 0.3) is 11.8 Å².